The lowest BCUT2D eigenvalue weighted by Gasteiger charge is -2.17. The summed E-state index contributed by atoms with van der Waals surface area (Å²) in [6.07, 6.45) is 0.560. The lowest BCUT2D eigenvalue weighted by atomic mass is 10.1. The van der Waals surface area contributed by atoms with Crippen molar-refractivity contribution in [1.82, 2.24) is 9.88 Å². The maximum absolute atomic E-state index is 12.7. The second kappa shape index (κ2) is 7.07. The first-order chi connectivity index (χ1) is 11.6. The molecule has 0 saturated heterocycles. The second-order valence-electron chi connectivity index (χ2n) is 5.78. The van der Waals surface area contributed by atoms with Crippen LogP contribution >= 0.6 is 11.6 Å². The molecule has 2 aromatic carbocycles. The van der Waals surface area contributed by atoms with Gasteiger partial charge in [0.05, 0.1) is 17.7 Å². The highest BCUT2D eigenvalue weighted by Gasteiger charge is 2.22. The molecule has 0 aliphatic rings. The van der Waals surface area contributed by atoms with Gasteiger partial charge in [0, 0.05) is 18.0 Å². The molecule has 24 heavy (non-hydrogen) atoms. The van der Waals surface area contributed by atoms with Crippen LogP contribution in [-0.2, 0) is 13.5 Å². The first-order valence-electron chi connectivity index (χ1n) is 7.80. The van der Waals surface area contributed by atoms with E-state index in [1.165, 1.54) is 0 Å². The molecule has 0 bridgehead atoms. The van der Waals surface area contributed by atoms with Crippen LogP contribution in [0.5, 0.6) is 0 Å². The zero-order valence-corrected chi connectivity index (χ0v) is 14.1. The van der Waals surface area contributed by atoms with Crippen molar-refractivity contribution >= 4 is 28.4 Å². The molecule has 0 radical (unpaired) electrons. The van der Waals surface area contributed by atoms with Crippen molar-refractivity contribution in [2.45, 2.75) is 12.5 Å². The molecule has 3 aromatic rings. The van der Waals surface area contributed by atoms with E-state index in [0.29, 0.717) is 17.1 Å². The molecule has 0 spiro atoms. The van der Waals surface area contributed by atoms with E-state index in [9.17, 15) is 9.90 Å². The van der Waals surface area contributed by atoms with Gasteiger partial charge in [-0.3, -0.25) is 4.79 Å². The van der Waals surface area contributed by atoms with Gasteiger partial charge in [0.25, 0.3) is 5.91 Å². The fourth-order valence-corrected chi connectivity index (χ4v) is 3.28. The number of aromatic nitrogens is 1. The van der Waals surface area contributed by atoms with E-state index in [1.54, 1.807) is 4.57 Å². The first-order valence-corrected chi connectivity index (χ1v) is 8.18. The van der Waals surface area contributed by atoms with E-state index in [0.717, 1.165) is 16.5 Å². The maximum Gasteiger partial charge on any atom is 0.269 e. The minimum Gasteiger partial charge on any atom is -0.394 e. The molecule has 2 N–H and O–H groups in total. The summed E-state index contributed by atoms with van der Waals surface area (Å²) < 4.78 is 1.78. The number of aryl methyl sites for hydroxylation is 1. The van der Waals surface area contributed by atoms with E-state index >= 15 is 0 Å². The second-order valence-corrected chi connectivity index (χ2v) is 6.16. The highest BCUT2D eigenvalue weighted by atomic mass is 35.5. The summed E-state index contributed by atoms with van der Waals surface area (Å²) >= 11 is 6.40. The molecule has 0 saturated carbocycles. The topological polar surface area (TPSA) is 54.3 Å². The molecule has 0 fully saturated rings. The number of halogens is 1. The SMILES string of the molecule is Cn1c(C(=O)NC(CO)Cc2ccccc2)c(Cl)c2ccccc21. The van der Waals surface area contributed by atoms with Gasteiger partial charge in [-0.15, -0.1) is 0 Å². The molecule has 1 amide bonds. The molecule has 1 atom stereocenters. The quantitative estimate of drug-likeness (QED) is 0.748. The standard InChI is InChI=1S/C19H19ClN2O2/c1-22-16-10-6-5-9-15(16)17(20)18(22)19(24)21-14(12-23)11-13-7-3-2-4-8-13/h2-10,14,23H,11-12H2,1H3,(H,21,24). The number of nitrogens with one attached hydrogen (secondary N) is 1. The number of carbonyl (C=O) groups is 1. The van der Waals surface area contributed by atoms with Gasteiger partial charge in [-0.2, -0.15) is 0 Å². The van der Waals surface area contributed by atoms with Crippen LogP contribution < -0.4 is 5.32 Å². The van der Waals surface area contributed by atoms with Crippen LogP contribution in [0, 0.1) is 0 Å². The number of fused-ring (bicyclic) bond motifs is 1. The fourth-order valence-electron chi connectivity index (χ4n) is 2.91. The van der Waals surface area contributed by atoms with E-state index in [-0.39, 0.29) is 18.6 Å². The third-order valence-electron chi connectivity index (χ3n) is 4.14. The van der Waals surface area contributed by atoms with Crippen LogP contribution in [0.2, 0.25) is 5.02 Å². The Kier molecular flexibility index (Phi) is 4.88. The van der Waals surface area contributed by atoms with Gasteiger partial charge in [-0.1, -0.05) is 60.1 Å². The monoisotopic (exact) mass is 342 g/mol. The number of benzene rings is 2. The molecule has 4 nitrogen and oxygen atoms in total. The minimum atomic E-state index is -0.367. The number of rotatable bonds is 5. The molecule has 1 heterocycles. The molecule has 3 rings (SSSR count). The maximum atomic E-state index is 12.7. The Morgan fingerprint density at radius 1 is 1.17 bits per heavy atom. The van der Waals surface area contributed by atoms with Crippen molar-refractivity contribution < 1.29 is 9.90 Å². The lowest BCUT2D eigenvalue weighted by molar-refractivity contribution is 0.0909. The zero-order chi connectivity index (χ0) is 17.1. The molecule has 1 unspecified atom stereocenters. The predicted molar refractivity (Wildman–Crippen MR) is 96.4 cm³/mol. The molecule has 5 heteroatoms. The van der Waals surface area contributed by atoms with Gasteiger partial charge >= 0.3 is 0 Å². The minimum absolute atomic E-state index is 0.137. The number of hydrogen-bond acceptors (Lipinski definition) is 2. The fraction of sp³-hybridized carbons (Fsp3) is 0.211. The molecule has 1 aromatic heterocycles. The van der Waals surface area contributed by atoms with Gasteiger partial charge < -0.3 is 15.0 Å². The van der Waals surface area contributed by atoms with Gasteiger partial charge in [-0.25, -0.2) is 0 Å². The Labute approximate surface area is 145 Å². The van der Waals surface area contributed by atoms with Crippen LogP contribution in [0.3, 0.4) is 0 Å². The average molecular weight is 343 g/mol. The molecule has 0 aliphatic heterocycles. The summed E-state index contributed by atoms with van der Waals surface area (Å²) in [5, 5.41) is 13.8. The molecule has 0 aliphatic carbocycles. The van der Waals surface area contributed by atoms with Crippen LogP contribution in [0.15, 0.2) is 54.6 Å². The average Bonchev–Trinajstić information content (AvgIpc) is 2.86. The van der Waals surface area contributed by atoms with E-state index < -0.39 is 0 Å². The third kappa shape index (κ3) is 3.16. The molecular formula is C19H19ClN2O2. The lowest BCUT2D eigenvalue weighted by Crippen LogP contribution is -2.39. The van der Waals surface area contributed by atoms with Crippen molar-refractivity contribution in [3.8, 4) is 0 Å². The number of aliphatic hydroxyl groups is 1. The van der Waals surface area contributed by atoms with Crippen molar-refractivity contribution in [1.29, 1.82) is 0 Å². The van der Waals surface area contributed by atoms with Crippen molar-refractivity contribution in [3.63, 3.8) is 0 Å². The van der Waals surface area contributed by atoms with Crippen molar-refractivity contribution in [3.05, 3.63) is 70.9 Å². The third-order valence-corrected chi connectivity index (χ3v) is 4.52. The smallest absolute Gasteiger partial charge is 0.269 e. The number of para-hydroxylation sites is 1. The van der Waals surface area contributed by atoms with Gasteiger partial charge in [0.1, 0.15) is 5.69 Å². The highest BCUT2D eigenvalue weighted by Crippen LogP contribution is 2.29. The Morgan fingerprint density at radius 2 is 1.83 bits per heavy atom. The van der Waals surface area contributed by atoms with Crippen molar-refractivity contribution in [2.24, 2.45) is 7.05 Å². The number of carbonyl (C=O) groups excluding carboxylic acids is 1. The molecule has 124 valence electrons. The summed E-state index contributed by atoms with van der Waals surface area (Å²) in [6, 6.07) is 17.0. The predicted octanol–water partition coefficient (Wildman–Crippen LogP) is 3.17. The summed E-state index contributed by atoms with van der Waals surface area (Å²) in [7, 11) is 1.81. The summed E-state index contributed by atoms with van der Waals surface area (Å²) in [4.78, 5) is 12.7. The van der Waals surface area contributed by atoms with Gasteiger partial charge in [-0.05, 0) is 18.1 Å². The van der Waals surface area contributed by atoms with E-state index in [1.807, 2.05) is 61.6 Å². The Bertz CT molecular complexity index is 819. The van der Waals surface area contributed by atoms with Crippen molar-refractivity contribution in [2.75, 3.05) is 6.61 Å². The largest absolute Gasteiger partial charge is 0.394 e. The highest BCUT2D eigenvalue weighted by molar-refractivity contribution is 6.38. The number of nitrogens with zero attached hydrogens (tertiary/aromatic N) is 1. The Morgan fingerprint density at radius 3 is 2.50 bits per heavy atom. The van der Waals surface area contributed by atoms with Crippen LogP contribution in [0.25, 0.3) is 10.9 Å². The van der Waals surface area contributed by atoms with E-state index in [4.69, 9.17) is 11.6 Å². The number of amides is 1. The normalized spacial score (nSPS) is 12.3. The van der Waals surface area contributed by atoms with Crippen LogP contribution in [0.4, 0.5) is 0 Å². The van der Waals surface area contributed by atoms with Gasteiger partial charge in [0.15, 0.2) is 0 Å². The summed E-state index contributed by atoms with van der Waals surface area (Å²) in [5.41, 5.74) is 2.36. The van der Waals surface area contributed by atoms with Crippen LogP contribution in [-0.4, -0.2) is 28.2 Å². The van der Waals surface area contributed by atoms with Crippen LogP contribution in [0.1, 0.15) is 16.1 Å². The molecular weight excluding hydrogens is 324 g/mol. The summed E-state index contributed by atoms with van der Waals surface area (Å²) in [6.45, 7) is -0.137. The number of aliphatic hydroxyl groups excluding tert-OH is 1. The Balaban J connectivity index is 1.84. The zero-order valence-electron chi connectivity index (χ0n) is 13.4. The Hall–Kier alpha value is -2.30. The number of hydrogen-bond donors (Lipinski definition) is 2. The summed E-state index contributed by atoms with van der Waals surface area (Å²) in [5.74, 6) is -0.284. The van der Waals surface area contributed by atoms with Gasteiger partial charge in [0.2, 0.25) is 0 Å². The first kappa shape index (κ1) is 16.6. The van der Waals surface area contributed by atoms with E-state index in [2.05, 4.69) is 5.32 Å².